The van der Waals surface area contributed by atoms with Gasteiger partial charge in [-0.25, -0.2) is 4.39 Å². The number of aryl methyl sites for hydroxylation is 1. The van der Waals surface area contributed by atoms with Crippen LogP contribution in [-0.2, 0) is 0 Å². The number of phenolic OH excluding ortho intramolecular Hbond substituents is 1. The maximum Gasteiger partial charge on any atom is 0.141 e. The zero-order valence-electron chi connectivity index (χ0n) is 6.92. The number of rotatable bonds is 2. The van der Waals surface area contributed by atoms with Crippen LogP contribution < -0.4 is 5.73 Å². The van der Waals surface area contributed by atoms with Crippen LogP contribution in [0.15, 0.2) is 18.2 Å². The van der Waals surface area contributed by atoms with E-state index in [1.807, 2.05) is 6.92 Å². The molecule has 0 aromatic heterocycles. The average Bonchev–Trinajstić information content (AvgIpc) is 2.03. The van der Waals surface area contributed by atoms with E-state index in [1.165, 1.54) is 6.07 Å². The summed E-state index contributed by atoms with van der Waals surface area (Å²) in [6, 6.07) is 4.83. The molecule has 0 aliphatic heterocycles. The molecular weight excluding hydrogens is 157 g/mol. The zero-order chi connectivity index (χ0) is 9.14. The van der Waals surface area contributed by atoms with Crippen molar-refractivity contribution >= 4 is 0 Å². The molecule has 1 atom stereocenters. The third-order valence-electron chi connectivity index (χ3n) is 1.73. The highest BCUT2D eigenvalue weighted by Gasteiger charge is 2.11. The number of nitrogens with two attached hydrogens (primary N) is 1. The van der Waals surface area contributed by atoms with Crippen molar-refractivity contribution in [1.82, 2.24) is 0 Å². The lowest BCUT2D eigenvalue weighted by Gasteiger charge is -2.07. The molecule has 0 amide bonds. The molecule has 0 fully saturated rings. The highest BCUT2D eigenvalue weighted by Crippen LogP contribution is 2.26. The number of aromatic hydroxyl groups is 1. The van der Waals surface area contributed by atoms with Crippen LogP contribution in [0.5, 0.6) is 5.75 Å². The van der Waals surface area contributed by atoms with Gasteiger partial charge in [-0.15, -0.1) is 0 Å². The van der Waals surface area contributed by atoms with Gasteiger partial charge < -0.3 is 10.8 Å². The highest BCUT2D eigenvalue weighted by molar-refractivity contribution is 5.37. The van der Waals surface area contributed by atoms with E-state index in [-0.39, 0.29) is 17.9 Å². The molecule has 66 valence electrons. The van der Waals surface area contributed by atoms with Crippen molar-refractivity contribution in [2.45, 2.75) is 13.1 Å². The van der Waals surface area contributed by atoms with Crippen molar-refractivity contribution in [3.8, 4) is 5.75 Å². The fourth-order valence-electron chi connectivity index (χ4n) is 1.05. The summed E-state index contributed by atoms with van der Waals surface area (Å²) in [6.45, 7) is 1.73. The SMILES string of the molecule is Cc1ccc(C(F)CN)c(O)c1. The molecule has 0 aliphatic rings. The summed E-state index contributed by atoms with van der Waals surface area (Å²) in [6.07, 6.45) is -1.27. The molecule has 1 unspecified atom stereocenters. The van der Waals surface area contributed by atoms with Crippen LogP contribution in [0.2, 0.25) is 0 Å². The van der Waals surface area contributed by atoms with Crippen molar-refractivity contribution in [2.24, 2.45) is 5.73 Å². The van der Waals surface area contributed by atoms with Gasteiger partial charge in [0, 0.05) is 12.1 Å². The first-order chi connectivity index (χ1) is 5.65. The molecule has 3 N–H and O–H groups in total. The van der Waals surface area contributed by atoms with Gasteiger partial charge in [0.05, 0.1) is 0 Å². The standard InChI is InChI=1S/C9H12FNO/c1-6-2-3-7(8(10)5-11)9(12)4-6/h2-4,8,12H,5,11H2,1H3. The Kier molecular flexibility index (Phi) is 2.65. The Morgan fingerprint density at radius 1 is 1.58 bits per heavy atom. The largest absolute Gasteiger partial charge is 0.508 e. The Morgan fingerprint density at radius 2 is 2.25 bits per heavy atom. The quantitative estimate of drug-likeness (QED) is 0.707. The number of benzene rings is 1. The Bertz CT molecular complexity index is 275. The first kappa shape index (κ1) is 9.00. The van der Waals surface area contributed by atoms with Gasteiger partial charge in [-0.2, -0.15) is 0 Å². The Labute approximate surface area is 70.8 Å². The zero-order valence-corrected chi connectivity index (χ0v) is 6.92. The summed E-state index contributed by atoms with van der Waals surface area (Å²) in [5.41, 5.74) is 6.29. The number of halogens is 1. The Balaban J connectivity index is 3.01. The molecule has 1 aromatic carbocycles. The molecule has 0 bridgehead atoms. The minimum Gasteiger partial charge on any atom is -0.508 e. The number of phenols is 1. The summed E-state index contributed by atoms with van der Waals surface area (Å²) in [7, 11) is 0. The van der Waals surface area contributed by atoms with Gasteiger partial charge in [-0.3, -0.25) is 0 Å². The lowest BCUT2D eigenvalue weighted by atomic mass is 10.1. The van der Waals surface area contributed by atoms with Crippen LogP contribution in [0.4, 0.5) is 4.39 Å². The van der Waals surface area contributed by atoms with E-state index in [0.717, 1.165) is 5.56 Å². The van der Waals surface area contributed by atoms with Gasteiger partial charge in [-0.05, 0) is 18.6 Å². The average molecular weight is 169 g/mol. The second-order valence-electron chi connectivity index (χ2n) is 2.77. The van der Waals surface area contributed by atoms with Crippen LogP contribution >= 0.6 is 0 Å². The van der Waals surface area contributed by atoms with Crippen molar-refractivity contribution in [3.05, 3.63) is 29.3 Å². The first-order valence-corrected chi connectivity index (χ1v) is 3.79. The molecule has 0 saturated heterocycles. The molecule has 12 heavy (non-hydrogen) atoms. The van der Waals surface area contributed by atoms with E-state index in [9.17, 15) is 9.50 Å². The first-order valence-electron chi connectivity index (χ1n) is 3.79. The summed E-state index contributed by atoms with van der Waals surface area (Å²) < 4.78 is 13.0. The van der Waals surface area contributed by atoms with E-state index in [4.69, 9.17) is 5.73 Å². The van der Waals surface area contributed by atoms with Crippen LogP contribution in [-0.4, -0.2) is 11.7 Å². The minimum atomic E-state index is -1.27. The number of alkyl halides is 1. The molecule has 2 nitrogen and oxygen atoms in total. The van der Waals surface area contributed by atoms with Crippen molar-refractivity contribution < 1.29 is 9.50 Å². The fourth-order valence-corrected chi connectivity index (χ4v) is 1.05. The van der Waals surface area contributed by atoms with E-state index in [2.05, 4.69) is 0 Å². The van der Waals surface area contributed by atoms with E-state index in [0.29, 0.717) is 0 Å². The number of hydrogen-bond acceptors (Lipinski definition) is 2. The van der Waals surface area contributed by atoms with Gasteiger partial charge in [0.25, 0.3) is 0 Å². The van der Waals surface area contributed by atoms with Crippen LogP contribution in [0.1, 0.15) is 17.3 Å². The van der Waals surface area contributed by atoms with Gasteiger partial charge in [0.2, 0.25) is 0 Å². The van der Waals surface area contributed by atoms with Crippen LogP contribution in [0.25, 0.3) is 0 Å². The third kappa shape index (κ3) is 1.74. The van der Waals surface area contributed by atoms with Crippen LogP contribution in [0.3, 0.4) is 0 Å². The van der Waals surface area contributed by atoms with Crippen molar-refractivity contribution in [3.63, 3.8) is 0 Å². The van der Waals surface area contributed by atoms with Gasteiger partial charge >= 0.3 is 0 Å². The lowest BCUT2D eigenvalue weighted by Crippen LogP contribution is -2.07. The summed E-state index contributed by atoms with van der Waals surface area (Å²) in [5, 5.41) is 9.30. The normalized spacial score (nSPS) is 12.9. The molecule has 1 rings (SSSR count). The molecule has 0 heterocycles. The van der Waals surface area contributed by atoms with E-state index < -0.39 is 6.17 Å². The molecule has 0 radical (unpaired) electrons. The molecule has 0 saturated carbocycles. The van der Waals surface area contributed by atoms with E-state index in [1.54, 1.807) is 12.1 Å². The Hall–Kier alpha value is -1.09. The van der Waals surface area contributed by atoms with Crippen molar-refractivity contribution in [1.29, 1.82) is 0 Å². The summed E-state index contributed by atoms with van der Waals surface area (Å²) in [5.74, 6) is -0.0204. The fraction of sp³-hybridized carbons (Fsp3) is 0.333. The maximum absolute atomic E-state index is 13.0. The molecule has 0 spiro atoms. The Morgan fingerprint density at radius 3 is 2.75 bits per heavy atom. The van der Waals surface area contributed by atoms with Gasteiger partial charge in [-0.1, -0.05) is 12.1 Å². The molecule has 1 aromatic rings. The topological polar surface area (TPSA) is 46.2 Å². The number of hydrogen-bond donors (Lipinski definition) is 2. The van der Waals surface area contributed by atoms with Gasteiger partial charge in [0.1, 0.15) is 11.9 Å². The third-order valence-corrected chi connectivity index (χ3v) is 1.73. The predicted molar refractivity (Wildman–Crippen MR) is 45.7 cm³/mol. The molecule has 0 aliphatic carbocycles. The van der Waals surface area contributed by atoms with Crippen LogP contribution in [0, 0.1) is 6.92 Å². The van der Waals surface area contributed by atoms with Crippen molar-refractivity contribution in [2.75, 3.05) is 6.54 Å². The summed E-state index contributed by atoms with van der Waals surface area (Å²) >= 11 is 0. The smallest absolute Gasteiger partial charge is 0.141 e. The minimum absolute atomic E-state index is 0.0204. The van der Waals surface area contributed by atoms with E-state index >= 15 is 0 Å². The lowest BCUT2D eigenvalue weighted by molar-refractivity contribution is 0.338. The molecular formula is C9H12FNO. The second-order valence-corrected chi connectivity index (χ2v) is 2.77. The highest BCUT2D eigenvalue weighted by atomic mass is 19.1. The summed E-state index contributed by atoms with van der Waals surface area (Å²) in [4.78, 5) is 0. The maximum atomic E-state index is 13.0. The predicted octanol–water partition coefficient (Wildman–Crippen LogP) is 1.67. The second kappa shape index (κ2) is 3.54. The van der Waals surface area contributed by atoms with Gasteiger partial charge in [0.15, 0.2) is 0 Å². The molecule has 3 heteroatoms. The monoisotopic (exact) mass is 169 g/mol.